The second-order valence-electron chi connectivity index (χ2n) is 21.3. The Labute approximate surface area is 491 Å². The number of cyclic esters (lactones) is 1. The Bertz CT molecular complexity index is 2910. The minimum atomic E-state index is -2.00. The van der Waals surface area contributed by atoms with Crippen LogP contribution in [0.3, 0.4) is 0 Å². The molecule has 0 spiro atoms. The van der Waals surface area contributed by atoms with E-state index < -0.39 is 174 Å². The number of carbonyl (C=O) groups excluding carboxylic acids is 10. The molecule has 1 aliphatic heterocycles. The number of aliphatic hydroxyl groups is 5. The van der Waals surface area contributed by atoms with Gasteiger partial charge in [0.2, 0.25) is 41.4 Å². The van der Waals surface area contributed by atoms with Gasteiger partial charge in [-0.15, -0.1) is 0 Å². The number of amides is 9. The van der Waals surface area contributed by atoms with E-state index in [-0.39, 0.29) is 31.4 Å². The molecule has 1 aromatic heterocycles. The molecule has 85 heavy (non-hydrogen) atoms. The molecule has 0 unspecified atom stereocenters. The van der Waals surface area contributed by atoms with Crippen molar-refractivity contribution in [3.63, 3.8) is 0 Å². The largest absolute Gasteiger partial charge is 0.505 e. The van der Waals surface area contributed by atoms with Crippen molar-refractivity contribution in [3.8, 4) is 0 Å². The first-order chi connectivity index (χ1) is 40.2. The van der Waals surface area contributed by atoms with Gasteiger partial charge in [-0.3, -0.25) is 43.2 Å². The molecule has 0 radical (unpaired) electrons. The number of nitrogens with one attached hydrogen (secondary N) is 10. The number of H-pyrrole nitrogens is 1. The lowest BCUT2D eigenvalue weighted by molar-refractivity contribution is -0.160. The number of benzene rings is 2. The van der Waals surface area contributed by atoms with E-state index in [4.69, 9.17) is 16.2 Å². The van der Waals surface area contributed by atoms with Gasteiger partial charge in [-0.25, -0.2) is 4.79 Å². The number of ether oxygens (including phenoxy) is 1. The number of fused-ring (bicyclic) bond motifs is 1. The number of hydrogen-bond donors (Lipinski definition) is 17. The Balaban J connectivity index is 1.98. The average molecular weight is 1190 g/mol. The number of esters is 1. The summed E-state index contributed by atoms with van der Waals surface area (Å²) in [6.45, 7) is 9.39. The molecule has 2 heterocycles. The standard InChI is InChI=1S/C57H82N12O16/c1-9-29(7)40(59)52(79)69-44-47(28(5)6)85-57(84)37(23-31-17-12-11-13-18-31)63-49(76)36(21-16-22-58)62-55(82)43(46(74)33-24-60-35-20-15-14-19-32(33)35)68-50(77)38(25-70)64-48(75)34(10-2)61-54(81)42(45(73)27(3)4)67-51(78)39(26-71)65-53(80)41(30(8)72)66-56(44)83/h10-15,17-20,24,27-30,36-42,44-45,47,60,70-74H,9,16,21-23,25-26,58-59H2,1-8H3,(H,61,81)(H,62,82)(H,63,76)(H,64,75)(H,65,80)(H,66,83)(H,67,78)(H,68,77)(H,69,79)/b34-10+,46-43-/t29-,30-,36+,37-,38+,39+,40-,41+,42+,44+,45+,47-/m0/s1. The number of para-hydroxylation sites is 1. The molecule has 4 rings (SSSR count). The number of nitrogens with two attached hydrogens (primary N) is 2. The highest BCUT2D eigenvalue weighted by Crippen LogP contribution is 2.26. The quantitative estimate of drug-likeness (QED) is 0.0393. The van der Waals surface area contributed by atoms with Crippen LogP contribution in [0.5, 0.6) is 0 Å². The van der Waals surface area contributed by atoms with Crippen LogP contribution < -0.4 is 59.3 Å². The Hall–Kier alpha value is -8.28. The van der Waals surface area contributed by atoms with Crippen LogP contribution in [0, 0.1) is 17.8 Å². The van der Waals surface area contributed by atoms with Crippen LogP contribution in [0.15, 0.2) is 78.3 Å². The third kappa shape index (κ3) is 18.9. The molecule has 9 amide bonds. The number of carbonyl (C=O) groups is 10. The van der Waals surface area contributed by atoms with Crippen molar-refractivity contribution in [1.29, 1.82) is 0 Å². The van der Waals surface area contributed by atoms with E-state index in [1.165, 1.54) is 40.8 Å². The highest BCUT2D eigenvalue weighted by atomic mass is 16.5. The van der Waals surface area contributed by atoms with E-state index in [1.54, 1.807) is 68.4 Å². The highest BCUT2D eigenvalue weighted by molar-refractivity contribution is 6.08. The Kier molecular flexibility index (Phi) is 26.6. The smallest absolute Gasteiger partial charge is 0.329 e. The van der Waals surface area contributed by atoms with Crippen LogP contribution in [-0.2, 0) is 59.1 Å². The lowest BCUT2D eigenvalue weighted by atomic mass is 9.95. The number of aromatic nitrogens is 1. The number of aromatic amines is 1. The van der Waals surface area contributed by atoms with E-state index in [0.717, 1.165) is 13.0 Å². The van der Waals surface area contributed by atoms with E-state index in [1.807, 2.05) is 0 Å². The van der Waals surface area contributed by atoms with E-state index >= 15 is 0 Å². The molecule has 1 fully saturated rings. The van der Waals surface area contributed by atoms with Crippen molar-refractivity contribution < 1.29 is 78.2 Å². The first kappa shape index (κ1) is 69.2. The van der Waals surface area contributed by atoms with Crippen molar-refractivity contribution in [2.45, 2.75) is 148 Å². The van der Waals surface area contributed by atoms with E-state index in [0.29, 0.717) is 22.9 Å². The van der Waals surface area contributed by atoms with Gasteiger partial charge in [0.1, 0.15) is 59.8 Å². The first-order valence-corrected chi connectivity index (χ1v) is 27.9. The summed E-state index contributed by atoms with van der Waals surface area (Å²) in [5.74, 6) is -15.1. The third-order valence-electron chi connectivity index (χ3n) is 14.2. The minimum absolute atomic E-state index is 0.0270. The average Bonchev–Trinajstić information content (AvgIpc) is 3.29. The van der Waals surface area contributed by atoms with Gasteiger partial charge in [0.15, 0.2) is 5.76 Å². The molecule has 28 nitrogen and oxygen atoms in total. The second-order valence-corrected chi connectivity index (χ2v) is 21.3. The summed E-state index contributed by atoms with van der Waals surface area (Å²) >= 11 is 0. The Morgan fingerprint density at radius 2 is 1.29 bits per heavy atom. The predicted molar refractivity (Wildman–Crippen MR) is 309 cm³/mol. The predicted octanol–water partition coefficient (Wildman–Crippen LogP) is -2.76. The third-order valence-corrected chi connectivity index (χ3v) is 14.2. The molecule has 12 atom stereocenters. The molecule has 3 aromatic rings. The summed E-state index contributed by atoms with van der Waals surface area (Å²) in [7, 11) is 0. The van der Waals surface area contributed by atoms with E-state index in [9.17, 15) is 73.5 Å². The highest BCUT2D eigenvalue weighted by Gasteiger charge is 2.42. The molecule has 0 aliphatic carbocycles. The summed E-state index contributed by atoms with van der Waals surface area (Å²) in [4.78, 5) is 146. The maximum Gasteiger partial charge on any atom is 0.329 e. The van der Waals surface area contributed by atoms with Gasteiger partial charge in [0.25, 0.3) is 11.8 Å². The molecule has 19 N–H and O–H groups in total. The van der Waals surface area contributed by atoms with Gasteiger partial charge in [-0.1, -0.05) is 103 Å². The summed E-state index contributed by atoms with van der Waals surface area (Å²) in [6.07, 6.45) is -2.87. The molecular weight excluding hydrogens is 1110 g/mol. The summed E-state index contributed by atoms with van der Waals surface area (Å²) < 4.78 is 6.09. The molecule has 2 aromatic carbocycles. The van der Waals surface area contributed by atoms with Gasteiger partial charge in [-0.05, 0) is 62.6 Å². The zero-order valence-electron chi connectivity index (χ0n) is 48.8. The normalized spacial score (nSPS) is 25.1. The van der Waals surface area contributed by atoms with Crippen molar-refractivity contribution in [3.05, 3.63) is 89.4 Å². The van der Waals surface area contributed by atoms with Crippen LogP contribution in [0.1, 0.15) is 85.8 Å². The van der Waals surface area contributed by atoms with Crippen molar-refractivity contribution in [1.82, 2.24) is 52.8 Å². The zero-order chi connectivity index (χ0) is 63.4. The van der Waals surface area contributed by atoms with Crippen molar-refractivity contribution in [2.24, 2.45) is 29.2 Å². The summed E-state index contributed by atoms with van der Waals surface area (Å²) in [6, 6.07) is 0.426. The number of hydrogen-bond acceptors (Lipinski definition) is 18. The summed E-state index contributed by atoms with van der Waals surface area (Å²) in [5, 5.41) is 76.7. The van der Waals surface area contributed by atoms with Crippen LogP contribution in [0.2, 0.25) is 0 Å². The molecule has 28 heteroatoms. The van der Waals surface area contributed by atoms with Gasteiger partial charge in [-0.2, -0.15) is 0 Å². The zero-order valence-corrected chi connectivity index (χ0v) is 48.8. The number of allylic oxidation sites excluding steroid dienone is 1. The van der Waals surface area contributed by atoms with Gasteiger partial charge in [0.05, 0.1) is 31.5 Å². The fourth-order valence-corrected chi connectivity index (χ4v) is 8.79. The van der Waals surface area contributed by atoms with Gasteiger partial charge >= 0.3 is 5.97 Å². The molecule has 1 aliphatic rings. The van der Waals surface area contributed by atoms with E-state index in [2.05, 4.69) is 52.8 Å². The Morgan fingerprint density at radius 3 is 1.88 bits per heavy atom. The monoisotopic (exact) mass is 1190 g/mol. The molecular formula is C57H82N12O16. The fraction of sp³-hybridized carbons (Fsp3) is 0.509. The number of rotatable bonds is 16. The van der Waals surface area contributed by atoms with Crippen molar-refractivity contribution in [2.75, 3.05) is 19.8 Å². The summed E-state index contributed by atoms with van der Waals surface area (Å²) in [5.41, 5.74) is 11.6. The maximum atomic E-state index is 14.8. The van der Waals surface area contributed by atoms with Crippen LogP contribution in [0.25, 0.3) is 16.7 Å². The molecule has 0 bridgehead atoms. The van der Waals surface area contributed by atoms with Gasteiger partial charge in [0, 0.05) is 29.1 Å². The van der Waals surface area contributed by atoms with Gasteiger partial charge < -0.3 is 94.6 Å². The molecule has 466 valence electrons. The van der Waals surface area contributed by atoms with Crippen LogP contribution in [-0.4, -0.2) is 176 Å². The van der Waals surface area contributed by atoms with Crippen molar-refractivity contribution >= 4 is 75.8 Å². The topological polar surface area (TPSA) is 457 Å². The van der Waals surface area contributed by atoms with Crippen LogP contribution in [0.4, 0.5) is 0 Å². The lowest BCUT2D eigenvalue weighted by Crippen LogP contribution is -2.65. The second kappa shape index (κ2) is 32.7. The minimum Gasteiger partial charge on any atom is -0.505 e. The molecule has 0 saturated carbocycles. The van der Waals surface area contributed by atoms with Crippen LogP contribution >= 0.6 is 0 Å². The SMILES string of the molecule is C/C=C1/NC(=O)[C@@H]([C@H](O)C(C)C)NC(=O)[C@@H](CO)NC(=O)[C@@H]([C@H](C)O)NC(=O)[C@H](NC(=O)[C@@H](N)[C@@H](C)CC)[C@H](C(C)C)OC(=O)[C@H](Cc2ccccc2)NC(=O)[C@@H](CCCN)NC(=O)/C(=C(/O)c2c[nH]c3ccccc23)NC(=O)[C@@H](CO)NC1=O. The molecule has 1 saturated heterocycles. The fourth-order valence-electron chi connectivity index (χ4n) is 8.79. The lowest BCUT2D eigenvalue weighted by Gasteiger charge is -2.34. The number of aliphatic hydroxyl groups excluding tert-OH is 5. The maximum absolute atomic E-state index is 14.8. The Morgan fingerprint density at radius 1 is 0.706 bits per heavy atom. The first-order valence-electron chi connectivity index (χ1n) is 27.9.